The number of nitrogens with zero attached hydrogens (tertiary/aromatic N) is 1. The molecule has 0 saturated carbocycles. The van der Waals surface area contributed by atoms with Gasteiger partial charge in [-0.25, -0.2) is 18.1 Å². The summed E-state index contributed by atoms with van der Waals surface area (Å²) in [5.41, 5.74) is 3.57. The van der Waals surface area contributed by atoms with E-state index in [1.807, 2.05) is 54.6 Å². The highest BCUT2D eigenvalue weighted by atomic mass is 32.2. The number of fused-ring (bicyclic) bond motifs is 1. The Kier molecular flexibility index (Phi) is 4.28. The number of aromatic nitrogens is 2. The van der Waals surface area contributed by atoms with Crippen molar-refractivity contribution in [1.29, 1.82) is 0 Å². The van der Waals surface area contributed by atoms with E-state index in [9.17, 15) is 8.42 Å². The molecule has 26 heavy (non-hydrogen) atoms. The van der Waals surface area contributed by atoms with Crippen LogP contribution in [0.15, 0.2) is 83.8 Å². The van der Waals surface area contributed by atoms with Crippen LogP contribution in [0.3, 0.4) is 0 Å². The molecular weight excluding hydrogens is 346 g/mol. The van der Waals surface area contributed by atoms with Gasteiger partial charge in [0.1, 0.15) is 5.82 Å². The number of hydrogen-bond donors (Lipinski definition) is 2. The molecule has 1 aromatic heterocycles. The third-order valence-electron chi connectivity index (χ3n) is 4.14. The van der Waals surface area contributed by atoms with Crippen LogP contribution in [0, 0.1) is 0 Å². The highest BCUT2D eigenvalue weighted by molar-refractivity contribution is 7.89. The number of para-hydroxylation sites is 2. The Morgan fingerprint density at radius 2 is 1.54 bits per heavy atom. The zero-order chi connectivity index (χ0) is 18.0. The van der Waals surface area contributed by atoms with E-state index in [-0.39, 0.29) is 11.4 Å². The number of H-pyrrole nitrogens is 1. The van der Waals surface area contributed by atoms with Crippen molar-refractivity contribution in [2.24, 2.45) is 0 Å². The quantitative estimate of drug-likeness (QED) is 0.568. The Morgan fingerprint density at radius 1 is 0.846 bits per heavy atom. The maximum atomic E-state index is 12.5. The Hall–Kier alpha value is -2.96. The van der Waals surface area contributed by atoms with Gasteiger partial charge in [0.15, 0.2) is 0 Å². The van der Waals surface area contributed by atoms with Crippen molar-refractivity contribution < 1.29 is 8.42 Å². The van der Waals surface area contributed by atoms with Gasteiger partial charge in [-0.3, -0.25) is 0 Å². The molecule has 130 valence electrons. The lowest BCUT2D eigenvalue weighted by Gasteiger charge is -2.07. The van der Waals surface area contributed by atoms with Gasteiger partial charge in [0.2, 0.25) is 10.0 Å². The number of aromatic amines is 1. The molecule has 0 radical (unpaired) electrons. The molecule has 0 saturated heterocycles. The van der Waals surface area contributed by atoms with E-state index in [1.165, 1.54) is 0 Å². The predicted octanol–water partition coefficient (Wildman–Crippen LogP) is 3.71. The van der Waals surface area contributed by atoms with Crippen LogP contribution in [-0.4, -0.2) is 18.4 Å². The van der Waals surface area contributed by atoms with Gasteiger partial charge in [-0.1, -0.05) is 42.5 Å². The third-order valence-corrected chi connectivity index (χ3v) is 5.55. The molecule has 0 atom stereocenters. The average molecular weight is 363 g/mol. The number of benzene rings is 3. The first kappa shape index (κ1) is 16.5. The maximum Gasteiger partial charge on any atom is 0.240 e. The number of sulfonamides is 1. The van der Waals surface area contributed by atoms with E-state index in [4.69, 9.17) is 0 Å². The van der Waals surface area contributed by atoms with E-state index >= 15 is 0 Å². The molecule has 0 fully saturated rings. The van der Waals surface area contributed by atoms with Gasteiger partial charge in [0.05, 0.1) is 15.9 Å². The minimum Gasteiger partial charge on any atom is -0.338 e. The number of rotatable bonds is 5. The fourth-order valence-corrected chi connectivity index (χ4v) is 3.76. The van der Waals surface area contributed by atoms with Gasteiger partial charge in [0.25, 0.3) is 0 Å². The van der Waals surface area contributed by atoms with Crippen LogP contribution in [0.2, 0.25) is 0 Å². The molecule has 0 aliphatic heterocycles. The first-order valence-corrected chi connectivity index (χ1v) is 9.69. The lowest BCUT2D eigenvalue weighted by molar-refractivity contribution is 0.581. The molecule has 6 heteroatoms. The van der Waals surface area contributed by atoms with Crippen molar-refractivity contribution in [3.63, 3.8) is 0 Å². The molecule has 4 rings (SSSR count). The van der Waals surface area contributed by atoms with Crippen LogP contribution in [0.4, 0.5) is 0 Å². The lowest BCUT2D eigenvalue weighted by atomic mass is 10.2. The molecule has 0 bridgehead atoms. The van der Waals surface area contributed by atoms with Gasteiger partial charge >= 0.3 is 0 Å². The van der Waals surface area contributed by atoms with Gasteiger partial charge in [-0.2, -0.15) is 0 Å². The fraction of sp³-hybridized carbons (Fsp3) is 0.0500. The van der Waals surface area contributed by atoms with E-state index < -0.39 is 10.0 Å². The van der Waals surface area contributed by atoms with E-state index in [2.05, 4.69) is 14.7 Å². The standard InChI is InChI=1S/C20H17N3O2S/c24-26(25,21-14-15-6-2-1-3-7-15)17-12-10-16(11-13-17)20-22-18-8-4-5-9-19(18)23-20/h1-13,21H,14H2,(H,22,23). The van der Waals surface area contributed by atoms with Crippen molar-refractivity contribution in [2.75, 3.05) is 0 Å². The van der Waals surface area contributed by atoms with Crippen LogP contribution in [0.1, 0.15) is 5.56 Å². The Morgan fingerprint density at radius 3 is 2.27 bits per heavy atom. The topological polar surface area (TPSA) is 74.8 Å². The normalized spacial score (nSPS) is 11.7. The molecule has 0 amide bonds. The molecule has 0 unspecified atom stereocenters. The number of imidazole rings is 1. The summed E-state index contributed by atoms with van der Waals surface area (Å²) in [5, 5.41) is 0. The van der Waals surface area contributed by atoms with Crippen molar-refractivity contribution in [3.8, 4) is 11.4 Å². The molecule has 0 aliphatic rings. The van der Waals surface area contributed by atoms with Crippen molar-refractivity contribution >= 4 is 21.1 Å². The lowest BCUT2D eigenvalue weighted by Crippen LogP contribution is -2.23. The Labute approximate surface area is 151 Å². The number of hydrogen-bond acceptors (Lipinski definition) is 3. The second kappa shape index (κ2) is 6.74. The summed E-state index contributed by atoms with van der Waals surface area (Å²) in [6.45, 7) is 0.258. The van der Waals surface area contributed by atoms with Crippen LogP contribution < -0.4 is 4.72 Å². The molecule has 5 nitrogen and oxygen atoms in total. The molecule has 2 N–H and O–H groups in total. The number of nitrogens with one attached hydrogen (secondary N) is 2. The summed E-state index contributed by atoms with van der Waals surface area (Å²) >= 11 is 0. The van der Waals surface area contributed by atoms with Gasteiger partial charge < -0.3 is 4.98 Å². The third kappa shape index (κ3) is 3.37. The van der Waals surface area contributed by atoms with Crippen LogP contribution >= 0.6 is 0 Å². The highest BCUT2D eigenvalue weighted by Gasteiger charge is 2.14. The largest absolute Gasteiger partial charge is 0.338 e. The molecule has 3 aromatic carbocycles. The summed E-state index contributed by atoms with van der Waals surface area (Å²) in [6.07, 6.45) is 0. The zero-order valence-electron chi connectivity index (χ0n) is 13.9. The SMILES string of the molecule is O=S(=O)(NCc1ccccc1)c1ccc(-c2nc3ccccc3[nH]2)cc1. The monoisotopic (exact) mass is 363 g/mol. The van der Waals surface area contributed by atoms with Gasteiger partial charge in [-0.05, 0) is 42.0 Å². The average Bonchev–Trinajstić information content (AvgIpc) is 3.12. The van der Waals surface area contributed by atoms with Crippen LogP contribution in [0.25, 0.3) is 22.4 Å². The first-order valence-electron chi connectivity index (χ1n) is 8.21. The fourth-order valence-electron chi connectivity index (χ4n) is 2.74. The Balaban J connectivity index is 1.54. The van der Waals surface area contributed by atoms with Crippen molar-refractivity contribution in [1.82, 2.24) is 14.7 Å². The summed E-state index contributed by atoms with van der Waals surface area (Å²) in [6, 6.07) is 23.9. The first-order chi connectivity index (χ1) is 12.6. The Bertz CT molecular complexity index is 1100. The molecule has 0 aliphatic carbocycles. The minimum absolute atomic E-state index is 0.230. The smallest absolute Gasteiger partial charge is 0.240 e. The van der Waals surface area contributed by atoms with E-state index in [0.29, 0.717) is 5.82 Å². The summed E-state index contributed by atoms with van der Waals surface area (Å²) in [7, 11) is -3.56. The zero-order valence-corrected chi connectivity index (χ0v) is 14.7. The maximum absolute atomic E-state index is 12.5. The van der Waals surface area contributed by atoms with E-state index in [0.717, 1.165) is 22.2 Å². The molecule has 4 aromatic rings. The molecule has 0 spiro atoms. The van der Waals surface area contributed by atoms with Crippen molar-refractivity contribution in [3.05, 3.63) is 84.4 Å². The second-order valence-corrected chi connectivity index (χ2v) is 7.70. The van der Waals surface area contributed by atoms with Crippen molar-refractivity contribution in [2.45, 2.75) is 11.4 Å². The minimum atomic E-state index is -3.56. The highest BCUT2D eigenvalue weighted by Crippen LogP contribution is 2.22. The summed E-state index contributed by atoms with van der Waals surface area (Å²) < 4.78 is 27.5. The second-order valence-electron chi connectivity index (χ2n) is 5.94. The van der Waals surface area contributed by atoms with Crippen LogP contribution in [0.5, 0.6) is 0 Å². The van der Waals surface area contributed by atoms with Gasteiger partial charge in [-0.15, -0.1) is 0 Å². The molecule has 1 heterocycles. The molecular formula is C20H17N3O2S. The summed E-state index contributed by atoms with van der Waals surface area (Å²) in [4.78, 5) is 8.00. The van der Waals surface area contributed by atoms with Gasteiger partial charge in [0, 0.05) is 12.1 Å². The van der Waals surface area contributed by atoms with E-state index in [1.54, 1.807) is 24.3 Å². The summed E-state index contributed by atoms with van der Waals surface area (Å²) in [5.74, 6) is 0.715. The van der Waals surface area contributed by atoms with Crippen LogP contribution in [-0.2, 0) is 16.6 Å². The predicted molar refractivity (Wildman–Crippen MR) is 102 cm³/mol.